The Bertz CT molecular complexity index is 708. The van der Waals surface area contributed by atoms with Gasteiger partial charge in [-0.1, -0.05) is 70.1 Å². The smallest absolute Gasteiger partial charge is 0.170 e. The predicted molar refractivity (Wildman–Crippen MR) is 93.8 cm³/mol. The van der Waals surface area contributed by atoms with Crippen molar-refractivity contribution in [2.24, 2.45) is 0 Å². The highest BCUT2D eigenvalue weighted by atomic mass is 16.1. The van der Waals surface area contributed by atoms with Crippen molar-refractivity contribution in [3.63, 3.8) is 0 Å². The molecule has 0 aliphatic carbocycles. The Morgan fingerprint density at radius 3 is 2.05 bits per heavy atom. The highest BCUT2D eigenvalue weighted by molar-refractivity contribution is 6.01. The highest BCUT2D eigenvalue weighted by Crippen LogP contribution is 2.30. The summed E-state index contributed by atoms with van der Waals surface area (Å²) < 4.78 is 24.2. The maximum Gasteiger partial charge on any atom is 0.170 e. The Balaban J connectivity index is 2.69. The second-order valence-electron chi connectivity index (χ2n) is 5.55. The van der Waals surface area contributed by atoms with E-state index in [1.54, 1.807) is 24.3 Å². The summed E-state index contributed by atoms with van der Waals surface area (Å²) >= 11 is 0. The molecule has 2 rings (SSSR count). The minimum atomic E-state index is -2.38. The molecule has 0 saturated heterocycles. The van der Waals surface area contributed by atoms with Gasteiger partial charge in [0.15, 0.2) is 5.78 Å². The first-order chi connectivity index (χ1) is 11.8. The quantitative estimate of drug-likeness (QED) is 0.656. The van der Waals surface area contributed by atoms with E-state index < -0.39 is 12.8 Å². The van der Waals surface area contributed by atoms with Gasteiger partial charge in [0.05, 0.1) is 0 Å². The van der Waals surface area contributed by atoms with Crippen molar-refractivity contribution in [3.05, 3.63) is 70.3 Å². The van der Waals surface area contributed by atoms with Gasteiger partial charge >= 0.3 is 0 Å². The monoisotopic (exact) mass is 297 g/mol. The van der Waals surface area contributed by atoms with Crippen LogP contribution in [0.5, 0.6) is 0 Å². The molecule has 0 N–H and O–H groups in total. The van der Waals surface area contributed by atoms with Gasteiger partial charge in [0.2, 0.25) is 0 Å². The molecule has 0 fully saturated rings. The zero-order chi connectivity index (χ0) is 18.6. The third kappa shape index (κ3) is 3.30. The second kappa shape index (κ2) is 7.40. The molecule has 0 spiro atoms. The Kier molecular flexibility index (Phi) is 4.25. The van der Waals surface area contributed by atoms with Crippen LogP contribution in [-0.2, 0) is 19.3 Å². The van der Waals surface area contributed by atoms with E-state index in [1.165, 1.54) is 5.56 Å². The molecule has 2 aromatic rings. The summed E-state index contributed by atoms with van der Waals surface area (Å²) in [6.07, 6.45) is 2.32. The number of hydrogen-bond donors (Lipinski definition) is 0. The third-order valence-corrected chi connectivity index (χ3v) is 4.19. The Labute approximate surface area is 138 Å². The summed E-state index contributed by atoms with van der Waals surface area (Å²) in [7, 11) is 0. The molecule has 0 radical (unpaired) electrons. The first-order valence-electron chi connectivity index (χ1n) is 9.57. The van der Waals surface area contributed by atoms with Crippen LogP contribution < -0.4 is 0 Å². The minimum Gasteiger partial charge on any atom is -0.294 e. The molecule has 0 aromatic heterocycles. The van der Waals surface area contributed by atoms with Crippen LogP contribution in [0.4, 0.5) is 0 Å². The lowest BCUT2D eigenvalue weighted by molar-refractivity contribution is 0.0965. The van der Waals surface area contributed by atoms with Gasteiger partial charge in [-0.05, 0) is 41.5 Å². The Morgan fingerprint density at radius 2 is 1.59 bits per heavy atom. The summed E-state index contributed by atoms with van der Waals surface area (Å²) in [6.45, 7) is 3.74. The van der Waals surface area contributed by atoms with Crippen LogP contribution in [0.25, 0.3) is 0 Å². The average molecular weight is 297 g/mol. The van der Waals surface area contributed by atoms with Crippen LogP contribution in [-0.4, -0.2) is 5.78 Å². The minimum absolute atomic E-state index is 0.325. The number of ketones is 1. The van der Waals surface area contributed by atoms with Crippen molar-refractivity contribution < 1.29 is 8.91 Å². The molecule has 1 unspecified atom stereocenters. The lowest BCUT2D eigenvalue weighted by Gasteiger charge is -2.20. The molecule has 0 aliphatic rings. The van der Waals surface area contributed by atoms with Gasteiger partial charge in [0.25, 0.3) is 0 Å². The first kappa shape index (κ1) is 12.6. The molecule has 0 amide bonds. The summed E-state index contributed by atoms with van der Waals surface area (Å²) in [6, 6.07) is 12.9. The lowest BCUT2D eigenvalue weighted by atomic mass is 9.83. The summed E-state index contributed by atoms with van der Waals surface area (Å²) in [5, 5.41) is 0. The lowest BCUT2D eigenvalue weighted by Crippen LogP contribution is -2.14. The molecule has 1 heteroatoms. The van der Waals surface area contributed by atoms with E-state index in [-0.39, 0.29) is 5.78 Å². The first-order valence-corrected chi connectivity index (χ1v) is 8.07. The van der Waals surface area contributed by atoms with Crippen LogP contribution in [0.2, 0.25) is 0 Å². The van der Waals surface area contributed by atoms with Gasteiger partial charge in [0.1, 0.15) is 0 Å². The van der Waals surface area contributed by atoms with Crippen LogP contribution in [0.15, 0.2) is 42.5 Å². The van der Waals surface area contributed by atoms with Crippen molar-refractivity contribution in [1.29, 1.82) is 0 Å². The van der Waals surface area contributed by atoms with Gasteiger partial charge in [-0.3, -0.25) is 4.79 Å². The number of aryl methyl sites for hydroxylation is 3. The second-order valence-corrected chi connectivity index (χ2v) is 5.55. The fourth-order valence-corrected chi connectivity index (χ4v) is 2.91. The normalized spacial score (nSPS) is 14.8. The van der Waals surface area contributed by atoms with E-state index in [9.17, 15) is 4.79 Å². The molecule has 0 heterocycles. The van der Waals surface area contributed by atoms with Gasteiger partial charge in [-0.25, -0.2) is 0 Å². The van der Waals surface area contributed by atoms with E-state index in [0.717, 1.165) is 17.5 Å². The van der Waals surface area contributed by atoms with E-state index in [1.807, 2.05) is 19.9 Å². The molecule has 2 aromatic carbocycles. The van der Waals surface area contributed by atoms with Crippen LogP contribution in [0.3, 0.4) is 0 Å². The van der Waals surface area contributed by atoms with Crippen molar-refractivity contribution in [1.82, 2.24) is 0 Å². The molecular weight excluding hydrogens is 268 g/mol. The van der Waals surface area contributed by atoms with Crippen molar-refractivity contribution in [2.75, 3.05) is 0 Å². The number of Topliss-reactive ketones (excluding diaryl/α,β-unsaturated/α-hetero) is 1. The molecule has 116 valence electrons. The standard InChI is InChI=1S/C21H26O/c1-5-16-13-17(6-2)20(18(7-3)14-16)15(4)21(22)19-11-9-8-10-12-19/h8-15H,5-7H2,1-4H3/i4D3. The predicted octanol–water partition coefficient (Wildman–Crippen LogP) is 5.36. The zero-order valence-electron chi connectivity index (χ0n) is 16.6. The summed E-state index contributed by atoms with van der Waals surface area (Å²) in [4.78, 5) is 13.1. The maximum absolute atomic E-state index is 13.1. The molecular formula is C21H26O. The van der Waals surface area contributed by atoms with Gasteiger partial charge < -0.3 is 0 Å². The summed E-state index contributed by atoms with van der Waals surface area (Å²) in [5.41, 5.74) is 4.29. The maximum atomic E-state index is 13.1. The van der Waals surface area contributed by atoms with Crippen LogP contribution >= 0.6 is 0 Å². The topological polar surface area (TPSA) is 17.1 Å². The number of carbonyl (C=O) groups is 1. The molecule has 1 atom stereocenters. The largest absolute Gasteiger partial charge is 0.294 e. The van der Waals surface area contributed by atoms with Gasteiger partial charge in [0, 0.05) is 15.6 Å². The molecule has 0 aliphatic heterocycles. The van der Waals surface area contributed by atoms with E-state index >= 15 is 0 Å². The van der Waals surface area contributed by atoms with Crippen LogP contribution in [0, 0.1) is 0 Å². The third-order valence-electron chi connectivity index (χ3n) is 4.19. The van der Waals surface area contributed by atoms with Crippen molar-refractivity contribution >= 4 is 5.78 Å². The highest BCUT2D eigenvalue weighted by Gasteiger charge is 2.22. The Morgan fingerprint density at radius 1 is 1.00 bits per heavy atom. The molecule has 0 saturated carbocycles. The van der Waals surface area contributed by atoms with E-state index in [2.05, 4.69) is 19.1 Å². The average Bonchev–Trinajstić information content (AvgIpc) is 2.61. The van der Waals surface area contributed by atoms with E-state index in [4.69, 9.17) is 4.11 Å². The SMILES string of the molecule is [2H]C([2H])([2H])C(C(=O)c1ccccc1)c1c(CC)cc(CC)cc1CC. The zero-order valence-corrected chi connectivity index (χ0v) is 13.6. The van der Waals surface area contributed by atoms with Crippen LogP contribution in [0.1, 0.15) is 70.3 Å². The fourth-order valence-electron chi connectivity index (χ4n) is 2.91. The number of rotatable bonds is 6. The molecule has 0 bridgehead atoms. The number of benzene rings is 2. The van der Waals surface area contributed by atoms with Crippen molar-refractivity contribution in [3.8, 4) is 0 Å². The van der Waals surface area contributed by atoms with Crippen molar-refractivity contribution in [2.45, 2.75) is 52.8 Å². The van der Waals surface area contributed by atoms with Gasteiger partial charge in [-0.2, -0.15) is 0 Å². The summed E-state index contributed by atoms with van der Waals surface area (Å²) in [5.74, 6) is -1.44. The van der Waals surface area contributed by atoms with E-state index in [0.29, 0.717) is 24.0 Å². The molecule has 1 nitrogen and oxygen atoms in total. The fraction of sp³-hybridized carbons (Fsp3) is 0.381. The molecule has 22 heavy (non-hydrogen) atoms. The van der Waals surface area contributed by atoms with Gasteiger partial charge in [-0.15, -0.1) is 0 Å². The number of hydrogen-bond acceptors (Lipinski definition) is 1. The Hall–Kier alpha value is -1.89. The number of carbonyl (C=O) groups excluding carboxylic acids is 1.